The van der Waals surface area contributed by atoms with Gasteiger partial charge < -0.3 is 5.32 Å². The van der Waals surface area contributed by atoms with Crippen LogP contribution in [0.4, 0.5) is 0 Å². The van der Waals surface area contributed by atoms with Gasteiger partial charge >= 0.3 is 0 Å². The Balaban J connectivity index is 1.93. The fraction of sp³-hybridized carbons (Fsp3) is 0.294. The molecular weight excluding hydrogens is 280 g/mol. The number of amides is 1. The van der Waals surface area contributed by atoms with Gasteiger partial charge in [0.05, 0.1) is 12.6 Å². The Morgan fingerprint density at radius 1 is 1.33 bits per heavy atom. The fourth-order valence-corrected chi connectivity index (χ4v) is 3.09. The predicted molar refractivity (Wildman–Crippen MR) is 84.8 cm³/mol. The van der Waals surface area contributed by atoms with Gasteiger partial charge in [0.2, 0.25) is 5.91 Å². The van der Waals surface area contributed by atoms with Gasteiger partial charge in [-0.1, -0.05) is 37.3 Å². The third kappa shape index (κ3) is 4.17. The van der Waals surface area contributed by atoms with E-state index < -0.39 is 5.92 Å². The van der Waals surface area contributed by atoms with Crippen LogP contribution in [0.1, 0.15) is 22.9 Å². The third-order valence-corrected chi connectivity index (χ3v) is 4.36. The Bertz CT molecular complexity index is 628. The summed E-state index contributed by atoms with van der Waals surface area (Å²) in [7, 11) is 0. The van der Waals surface area contributed by atoms with Gasteiger partial charge in [0, 0.05) is 4.88 Å². The second-order valence-electron chi connectivity index (χ2n) is 4.81. The highest BCUT2D eigenvalue weighted by atomic mass is 32.1. The molecule has 2 rings (SSSR count). The first-order valence-electron chi connectivity index (χ1n) is 7.01. The summed E-state index contributed by atoms with van der Waals surface area (Å²) in [5.74, 6) is -0.839. The average molecular weight is 298 g/mol. The second kappa shape index (κ2) is 7.61. The molecule has 0 spiro atoms. The smallest absolute Gasteiger partial charge is 0.237 e. The summed E-state index contributed by atoms with van der Waals surface area (Å²) in [4.78, 5) is 13.3. The van der Waals surface area contributed by atoms with Gasteiger partial charge in [0.1, 0.15) is 5.92 Å². The first-order valence-corrected chi connectivity index (χ1v) is 7.89. The monoisotopic (exact) mass is 298 g/mol. The van der Waals surface area contributed by atoms with Gasteiger partial charge in [-0.25, -0.2) is 0 Å². The van der Waals surface area contributed by atoms with Gasteiger partial charge in [-0.3, -0.25) is 4.79 Å². The highest BCUT2D eigenvalue weighted by molar-refractivity contribution is 7.10. The van der Waals surface area contributed by atoms with Gasteiger partial charge in [-0.2, -0.15) is 5.26 Å². The second-order valence-corrected chi connectivity index (χ2v) is 5.81. The standard InChI is InChI=1S/C17H18N2OS/c1-2-14-8-9-21-16(14)12-19-17(20)15(11-18)10-13-6-4-3-5-7-13/h3-9,15H,2,10,12H2,1H3,(H,19,20). The lowest BCUT2D eigenvalue weighted by molar-refractivity contribution is -0.123. The van der Waals surface area contributed by atoms with Crippen LogP contribution in [0.25, 0.3) is 0 Å². The SMILES string of the molecule is CCc1ccsc1CNC(=O)C(C#N)Cc1ccccc1. The number of nitrogens with one attached hydrogen (secondary N) is 1. The first kappa shape index (κ1) is 15.3. The van der Waals surface area contributed by atoms with Crippen LogP contribution in [0.3, 0.4) is 0 Å². The molecule has 1 aromatic heterocycles. The highest BCUT2D eigenvalue weighted by Gasteiger charge is 2.18. The molecule has 0 aliphatic carbocycles. The van der Waals surface area contributed by atoms with E-state index in [0.29, 0.717) is 13.0 Å². The van der Waals surface area contributed by atoms with Crippen molar-refractivity contribution in [2.24, 2.45) is 5.92 Å². The number of hydrogen-bond acceptors (Lipinski definition) is 3. The van der Waals surface area contributed by atoms with E-state index in [1.54, 1.807) is 11.3 Å². The quantitative estimate of drug-likeness (QED) is 0.889. The highest BCUT2D eigenvalue weighted by Crippen LogP contribution is 2.17. The van der Waals surface area contributed by atoms with Crippen LogP contribution in [0.15, 0.2) is 41.8 Å². The van der Waals surface area contributed by atoms with Crippen molar-refractivity contribution in [3.8, 4) is 6.07 Å². The van der Waals surface area contributed by atoms with E-state index in [4.69, 9.17) is 0 Å². The minimum absolute atomic E-state index is 0.197. The van der Waals surface area contributed by atoms with Gasteiger partial charge in [-0.15, -0.1) is 11.3 Å². The van der Waals surface area contributed by atoms with Crippen molar-refractivity contribution in [3.63, 3.8) is 0 Å². The number of carbonyl (C=O) groups excluding carboxylic acids is 1. The number of aryl methyl sites for hydroxylation is 1. The van der Waals surface area contributed by atoms with Crippen molar-refractivity contribution in [3.05, 3.63) is 57.8 Å². The van der Waals surface area contributed by atoms with Crippen LogP contribution in [0, 0.1) is 17.2 Å². The van der Waals surface area contributed by atoms with E-state index >= 15 is 0 Å². The Morgan fingerprint density at radius 3 is 2.76 bits per heavy atom. The molecule has 1 amide bonds. The number of benzene rings is 1. The zero-order valence-electron chi connectivity index (χ0n) is 12.0. The molecule has 0 aliphatic rings. The summed E-state index contributed by atoms with van der Waals surface area (Å²) >= 11 is 1.64. The molecular formula is C17H18N2OS. The lowest BCUT2D eigenvalue weighted by Crippen LogP contribution is -2.30. The Hall–Kier alpha value is -2.12. The van der Waals surface area contributed by atoms with Crippen LogP contribution in [-0.4, -0.2) is 5.91 Å². The summed E-state index contributed by atoms with van der Waals surface area (Å²) in [6.45, 7) is 2.60. The molecule has 0 fully saturated rings. The molecule has 0 bridgehead atoms. The predicted octanol–water partition coefficient (Wildman–Crippen LogP) is 3.31. The lowest BCUT2D eigenvalue weighted by atomic mass is 10.00. The van der Waals surface area contributed by atoms with Crippen LogP contribution in [-0.2, 0) is 24.2 Å². The van der Waals surface area contributed by atoms with Crippen LogP contribution in [0.2, 0.25) is 0 Å². The van der Waals surface area contributed by atoms with Crippen molar-refractivity contribution < 1.29 is 4.79 Å². The molecule has 1 aromatic carbocycles. The van der Waals surface area contributed by atoms with Gasteiger partial charge in [0.15, 0.2) is 0 Å². The summed E-state index contributed by atoms with van der Waals surface area (Å²) in [6, 6.07) is 13.8. The zero-order valence-corrected chi connectivity index (χ0v) is 12.8. The van der Waals surface area contributed by atoms with E-state index in [-0.39, 0.29) is 5.91 Å². The Labute approximate surface area is 129 Å². The fourth-order valence-electron chi connectivity index (χ4n) is 2.17. The maximum absolute atomic E-state index is 12.1. The molecule has 2 aromatic rings. The number of thiophene rings is 1. The van der Waals surface area contributed by atoms with Crippen molar-refractivity contribution in [2.75, 3.05) is 0 Å². The van der Waals surface area contributed by atoms with E-state index in [2.05, 4.69) is 24.4 Å². The molecule has 108 valence electrons. The molecule has 1 atom stereocenters. The van der Waals surface area contributed by atoms with E-state index in [9.17, 15) is 10.1 Å². The van der Waals surface area contributed by atoms with E-state index in [1.165, 1.54) is 10.4 Å². The summed E-state index contributed by atoms with van der Waals surface area (Å²) < 4.78 is 0. The number of carbonyl (C=O) groups is 1. The Kier molecular flexibility index (Phi) is 5.53. The largest absolute Gasteiger partial charge is 0.350 e. The van der Waals surface area contributed by atoms with E-state index in [0.717, 1.165) is 12.0 Å². The maximum Gasteiger partial charge on any atom is 0.237 e. The molecule has 4 heteroatoms. The Morgan fingerprint density at radius 2 is 2.10 bits per heavy atom. The zero-order chi connectivity index (χ0) is 15.1. The topological polar surface area (TPSA) is 52.9 Å². The lowest BCUT2D eigenvalue weighted by Gasteiger charge is -2.10. The molecule has 0 saturated carbocycles. The maximum atomic E-state index is 12.1. The summed E-state index contributed by atoms with van der Waals surface area (Å²) in [5, 5.41) is 14.1. The van der Waals surface area contributed by atoms with Crippen molar-refractivity contribution in [1.82, 2.24) is 5.32 Å². The van der Waals surface area contributed by atoms with Crippen LogP contribution >= 0.6 is 11.3 Å². The van der Waals surface area contributed by atoms with E-state index in [1.807, 2.05) is 35.7 Å². The van der Waals surface area contributed by atoms with Crippen molar-refractivity contribution >= 4 is 17.2 Å². The van der Waals surface area contributed by atoms with Gasteiger partial charge in [-0.05, 0) is 35.4 Å². The number of rotatable bonds is 6. The summed E-state index contributed by atoms with van der Waals surface area (Å²) in [5.41, 5.74) is 2.27. The van der Waals surface area contributed by atoms with Crippen LogP contribution in [0.5, 0.6) is 0 Å². The van der Waals surface area contributed by atoms with Gasteiger partial charge in [0.25, 0.3) is 0 Å². The molecule has 1 unspecified atom stereocenters. The number of hydrogen-bond donors (Lipinski definition) is 1. The number of nitriles is 1. The van der Waals surface area contributed by atoms with Crippen molar-refractivity contribution in [2.45, 2.75) is 26.3 Å². The number of nitrogens with zero attached hydrogens (tertiary/aromatic N) is 1. The minimum atomic E-state index is -0.641. The molecule has 3 nitrogen and oxygen atoms in total. The molecule has 1 N–H and O–H groups in total. The average Bonchev–Trinajstić information content (AvgIpc) is 2.98. The molecule has 0 radical (unpaired) electrons. The minimum Gasteiger partial charge on any atom is -0.350 e. The molecule has 0 aliphatic heterocycles. The van der Waals surface area contributed by atoms with Crippen LogP contribution < -0.4 is 5.32 Å². The van der Waals surface area contributed by atoms with Crippen molar-refractivity contribution in [1.29, 1.82) is 5.26 Å². The third-order valence-electron chi connectivity index (χ3n) is 3.40. The summed E-state index contributed by atoms with van der Waals surface area (Å²) in [6.07, 6.45) is 1.41. The molecule has 1 heterocycles. The molecule has 21 heavy (non-hydrogen) atoms. The molecule has 0 saturated heterocycles. The normalized spacial score (nSPS) is 11.6. The first-order chi connectivity index (χ1) is 10.2.